The van der Waals surface area contributed by atoms with Crippen molar-refractivity contribution in [2.24, 2.45) is 0 Å². The molecule has 1 aromatic heterocycles. The zero-order chi connectivity index (χ0) is 19.6. The van der Waals surface area contributed by atoms with Crippen molar-refractivity contribution in [3.8, 4) is 0 Å². The van der Waals surface area contributed by atoms with Crippen molar-refractivity contribution in [3.63, 3.8) is 0 Å². The molecule has 1 amide bonds. The highest BCUT2D eigenvalue weighted by atomic mass is 32.2. The number of hydrogen-bond donors (Lipinski definition) is 1. The number of hydrogen-bond acceptors (Lipinski definition) is 5. The van der Waals surface area contributed by atoms with Gasteiger partial charge in [0, 0.05) is 25.8 Å². The Morgan fingerprint density at radius 3 is 2.23 bits per heavy atom. The van der Waals surface area contributed by atoms with Gasteiger partial charge < -0.3 is 14.4 Å². The van der Waals surface area contributed by atoms with Gasteiger partial charge in [-0.3, -0.25) is 4.79 Å². The maximum Gasteiger partial charge on any atom is 0.339 e. The lowest BCUT2D eigenvalue weighted by molar-refractivity contribution is 0.0689. The van der Waals surface area contributed by atoms with Crippen LogP contribution >= 0.6 is 0 Å². The summed E-state index contributed by atoms with van der Waals surface area (Å²) in [5.74, 6) is -1.38. The van der Waals surface area contributed by atoms with Crippen LogP contribution in [-0.2, 0) is 16.3 Å². The summed E-state index contributed by atoms with van der Waals surface area (Å²) in [5, 5.41) is 9.18. The van der Waals surface area contributed by atoms with Crippen molar-refractivity contribution in [3.05, 3.63) is 53.0 Å². The summed E-state index contributed by atoms with van der Waals surface area (Å²) in [6.45, 7) is 3.53. The minimum Gasteiger partial charge on any atom is -0.478 e. The second-order valence-electron chi connectivity index (χ2n) is 6.04. The Kier molecular flexibility index (Phi) is 5.56. The molecule has 1 heterocycles. The first-order valence-electron chi connectivity index (χ1n) is 7.99. The molecule has 8 heteroatoms. The topological polar surface area (TPSA) is 105 Å². The van der Waals surface area contributed by atoms with E-state index in [0.29, 0.717) is 6.42 Å². The number of carbonyl (C=O) groups is 2. The second-order valence-corrected chi connectivity index (χ2v) is 8.06. The van der Waals surface area contributed by atoms with E-state index in [0.717, 1.165) is 11.8 Å². The molecule has 2 rings (SSSR count). The standard InChI is InChI=1S/C18H21NO6S/c1-5-15-14(18(21)22)10-16(25-15)17(20)19(3)11(2)12-6-8-13(9-7-12)26(4,23)24/h6-11H,5H2,1-4H3,(H,21,22). The molecule has 0 saturated carbocycles. The number of amides is 1. The van der Waals surface area contributed by atoms with Crippen molar-refractivity contribution in [1.82, 2.24) is 4.90 Å². The SMILES string of the molecule is CCc1oc(C(=O)N(C)C(C)c2ccc(S(C)(=O)=O)cc2)cc1C(=O)O. The van der Waals surface area contributed by atoms with Gasteiger partial charge in [-0.2, -0.15) is 0 Å². The molecule has 0 aliphatic rings. The van der Waals surface area contributed by atoms with E-state index in [1.165, 1.54) is 23.1 Å². The monoisotopic (exact) mass is 379 g/mol. The van der Waals surface area contributed by atoms with E-state index in [9.17, 15) is 23.1 Å². The number of carboxylic acid groups (broad SMARTS) is 1. The molecule has 0 radical (unpaired) electrons. The first-order valence-corrected chi connectivity index (χ1v) is 9.88. The lowest BCUT2D eigenvalue weighted by atomic mass is 10.1. The van der Waals surface area contributed by atoms with E-state index < -0.39 is 21.7 Å². The Morgan fingerprint density at radius 2 is 1.81 bits per heavy atom. The minimum atomic E-state index is -3.29. The van der Waals surface area contributed by atoms with Crippen LogP contribution in [0.15, 0.2) is 39.6 Å². The van der Waals surface area contributed by atoms with E-state index in [2.05, 4.69) is 0 Å². The fourth-order valence-corrected chi connectivity index (χ4v) is 3.18. The average Bonchev–Trinajstić information content (AvgIpc) is 3.04. The van der Waals surface area contributed by atoms with Gasteiger partial charge in [0.15, 0.2) is 15.6 Å². The van der Waals surface area contributed by atoms with Gasteiger partial charge in [0.05, 0.1) is 10.9 Å². The third-order valence-electron chi connectivity index (χ3n) is 4.26. The summed E-state index contributed by atoms with van der Waals surface area (Å²) >= 11 is 0. The molecular weight excluding hydrogens is 358 g/mol. The highest BCUT2D eigenvalue weighted by molar-refractivity contribution is 7.90. The summed E-state index contributed by atoms with van der Waals surface area (Å²) < 4.78 is 28.5. The molecule has 140 valence electrons. The van der Waals surface area contributed by atoms with Crippen molar-refractivity contribution in [2.45, 2.75) is 31.2 Å². The maximum absolute atomic E-state index is 12.6. The summed E-state index contributed by atoms with van der Waals surface area (Å²) in [5.41, 5.74) is 0.725. The molecule has 0 aliphatic heterocycles. The highest BCUT2D eigenvalue weighted by Crippen LogP contribution is 2.24. The van der Waals surface area contributed by atoms with Gasteiger partial charge in [0.1, 0.15) is 11.3 Å². The number of furan rings is 1. The lowest BCUT2D eigenvalue weighted by Crippen LogP contribution is -2.29. The van der Waals surface area contributed by atoms with Crippen LogP contribution in [0.3, 0.4) is 0 Å². The number of nitrogens with zero attached hydrogens (tertiary/aromatic N) is 1. The van der Waals surface area contributed by atoms with Crippen molar-refractivity contribution >= 4 is 21.7 Å². The predicted molar refractivity (Wildman–Crippen MR) is 95.1 cm³/mol. The zero-order valence-electron chi connectivity index (χ0n) is 15.0. The molecule has 0 bridgehead atoms. The third kappa shape index (κ3) is 3.96. The van der Waals surface area contributed by atoms with E-state index in [1.54, 1.807) is 33.0 Å². The Bertz CT molecular complexity index is 927. The van der Waals surface area contributed by atoms with E-state index in [-0.39, 0.29) is 28.0 Å². The molecule has 1 N–H and O–H groups in total. The fraction of sp³-hybridized carbons (Fsp3) is 0.333. The van der Waals surface area contributed by atoms with Crippen molar-refractivity contribution < 1.29 is 27.5 Å². The van der Waals surface area contributed by atoms with Crippen LogP contribution in [0.4, 0.5) is 0 Å². The smallest absolute Gasteiger partial charge is 0.339 e. The van der Waals surface area contributed by atoms with Crippen LogP contribution in [0, 0.1) is 0 Å². The van der Waals surface area contributed by atoms with Gasteiger partial charge >= 0.3 is 5.97 Å². The average molecular weight is 379 g/mol. The fourth-order valence-electron chi connectivity index (χ4n) is 2.54. The Balaban J connectivity index is 2.26. The summed E-state index contributed by atoms with van der Waals surface area (Å²) in [6.07, 6.45) is 1.49. The minimum absolute atomic E-state index is 0.0191. The number of aryl methyl sites for hydroxylation is 1. The first kappa shape index (κ1) is 19.7. The molecule has 1 aromatic carbocycles. The van der Waals surface area contributed by atoms with Crippen LogP contribution in [0.2, 0.25) is 0 Å². The van der Waals surface area contributed by atoms with Gasteiger partial charge in [0.2, 0.25) is 0 Å². The molecule has 0 saturated heterocycles. The van der Waals surface area contributed by atoms with Crippen LogP contribution in [-0.4, -0.2) is 43.6 Å². The largest absolute Gasteiger partial charge is 0.478 e. The lowest BCUT2D eigenvalue weighted by Gasteiger charge is -2.24. The quantitative estimate of drug-likeness (QED) is 0.827. The Labute approximate surface area is 152 Å². The molecule has 1 unspecified atom stereocenters. The summed E-state index contributed by atoms with van der Waals surface area (Å²) in [6, 6.07) is 7.15. The highest BCUT2D eigenvalue weighted by Gasteiger charge is 2.25. The molecule has 2 aromatic rings. The van der Waals surface area contributed by atoms with Gasteiger partial charge in [-0.05, 0) is 24.6 Å². The predicted octanol–water partition coefficient (Wildman–Crippen LogP) is 2.78. The maximum atomic E-state index is 12.6. The van der Waals surface area contributed by atoms with Gasteiger partial charge in [-0.15, -0.1) is 0 Å². The van der Waals surface area contributed by atoms with Crippen LogP contribution in [0.1, 0.15) is 52.1 Å². The summed E-state index contributed by atoms with van der Waals surface area (Å²) in [7, 11) is -1.71. The van der Waals surface area contributed by atoms with Crippen LogP contribution in [0.5, 0.6) is 0 Å². The number of rotatable bonds is 6. The second kappa shape index (κ2) is 7.33. The number of sulfone groups is 1. The zero-order valence-corrected chi connectivity index (χ0v) is 15.8. The van der Waals surface area contributed by atoms with Gasteiger partial charge in [-0.1, -0.05) is 19.1 Å². The molecule has 0 fully saturated rings. The van der Waals surface area contributed by atoms with E-state index in [1.807, 2.05) is 0 Å². The Morgan fingerprint density at radius 1 is 1.23 bits per heavy atom. The van der Waals surface area contributed by atoms with Crippen molar-refractivity contribution in [1.29, 1.82) is 0 Å². The van der Waals surface area contributed by atoms with Crippen molar-refractivity contribution in [2.75, 3.05) is 13.3 Å². The molecule has 1 atom stereocenters. The van der Waals surface area contributed by atoms with Gasteiger partial charge in [-0.25, -0.2) is 13.2 Å². The number of carboxylic acids is 1. The summed E-state index contributed by atoms with van der Waals surface area (Å²) in [4.78, 5) is 25.5. The Hall–Kier alpha value is -2.61. The number of aromatic carboxylic acids is 1. The molecular formula is C18H21NO6S. The van der Waals surface area contributed by atoms with Gasteiger partial charge in [0.25, 0.3) is 5.91 Å². The van der Waals surface area contributed by atoms with Crippen LogP contribution in [0.25, 0.3) is 0 Å². The van der Waals surface area contributed by atoms with E-state index in [4.69, 9.17) is 4.42 Å². The number of carbonyl (C=O) groups excluding carboxylic acids is 1. The number of benzene rings is 1. The first-order chi connectivity index (χ1) is 12.1. The van der Waals surface area contributed by atoms with Crippen LogP contribution < -0.4 is 0 Å². The third-order valence-corrected chi connectivity index (χ3v) is 5.39. The molecule has 0 spiro atoms. The van der Waals surface area contributed by atoms with E-state index >= 15 is 0 Å². The molecule has 7 nitrogen and oxygen atoms in total. The molecule has 26 heavy (non-hydrogen) atoms. The molecule has 0 aliphatic carbocycles. The normalized spacial score (nSPS) is 12.6.